The van der Waals surface area contributed by atoms with Gasteiger partial charge in [-0.05, 0) is 74.4 Å². The van der Waals surface area contributed by atoms with E-state index >= 15 is 0 Å². The lowest BCUT2D eigenvalue weighted by Gasteiger charge is -2.29. The number of aromatic nitrogens is 4. The number of aromatic amines is 1. The van der Waals surface area contributed by atoms with E-state index in [-0.39, 0.29) is 27.6 Å². The number of nitrogens with zero attached hydrogens (tertiary/aromatic N) is 3. The Hall–Kier alpha value is -1.73. The minimum absolute atomic E-state index is 0.00583. The molecule has 164 valence electrons. The molecule has 4 rings (SSSR count). The molecule has 0 amide bonds. The zero-order chi connectivity index (χ0) is 21.3. The first kappa shape index (κ1) is 21.5. The quantitative estimate of drug-likeness (QED) is 0.503. The highest BCUT2D eigenvalue weighted by molar-refractivity contribution is 7.93. The summed E-state index contributed by atoms with van der Waals surface area (Å²) in [4.78, 5) is 0.0774. The molecule has 2 heterocycles. The fraction of sp³-hybridized carbons (Fsp3) is 0.611. The monoisotopic (exact) mass is 453 g/mol. The second kappa shape index (κ2) is 8.79. The van der Waals surface area contributed by atoms with E-state index < -0.39 is 26.1 Å². The maximum atomic E-state index is 13.5. The van der Waals surface area contributed by atoms with Gasteiger partial charge in [-0.25, -0.2) is 17.8 Å². The van der Waals surface area contributed by atoms with Gasteiger partial charge in [0.2, 0.25) is 5.82 Å². The van der Waals surface area contributed by atoms with E-state index in [9.17, 15) is 12.6 Å². The molecule has 2 aromatic rings. The lowest BCUT2D eigenvalue weighted by Crippen LogP contribution is -2.36. The molecule has 0 radical (unpaired) electrons. The molecule has 0 bridgehead atoms. The van der Waals surface area contributed by atoms with Crippen LogP contribution in [-0.2, 0) is 20.8 Å². The molecular weight excluding hydrogens is 426 g/mol. The number of hydrogen-bond acceptors (Lipinski definition) is 8. The number of hydrogen-bond donors (Lipinski definition) is 4. The van der Waals surface area contributed by atoms with Crippen LogP contribution in [-0.4, -0.2) is 57.6 Å². The average Bonchev–Trinajstić information content (AvgIpc) is 3.28. The summed E-state index contributed by atoms with van der Waals surface area (Å²) in [6.07, 6.45) is 4.43. The van der Waals surface area contributed by atoms with Crippen LogP contribution in [0, 0.1) is 0 Å². The predicted molar refractivity (Wildman–Crippen MR) is 112 cm³/mol. The summed E-state index contributed by atoms with van der Waals surface area (Å²) < 4.78 is 39.6. The highest BCUT2D eigenvalue weighted by Gasteiger charge is 2.36. The smallest absolute Gasteiger partial charge is 0.206 e. The third-order valence-corrected chi connectivity index (χ3v) is 9.43. The van der Waals surface area contributed by atoms with Crippen LogP contribution in [0.5, 0.6) is 0 Å². The molecule has 1 atom stereocenters. The minimum Gasteiger partial charge on any atom is -0.328 e. The van der Waals surface area contributed by atoms with Crippen LogP contribution in [0.4, 0.5) is 0 Å². The van der Waals surface area contributed by atoms with Gasteiger partial charge in [0, 0.05) is 11.6 Å². The van der Waals surface area contributed by atoms with Crippen molar-refractivity contribution in [2.75, 3.05) is 13.1 Å². The van der Waals surface area contributed by atoms with Crippen LogP contribution in [0.1, 0.15) is 50.0 Å². The van der Waals surface area contributed by atoms with Crippen molar-refractivity contribution >= 4 is 20.8 Å². The number of rotatable bonds is 5. The van der Waals surface area contributed by atoms with Gasteiger partial charge < -0.3 is 11.1 Å². The van der Waals surface area contributed by atoms with Crippen molar-refractivity contribution in [1.82, 2.24) is 25.9 Å². The average molecular weight is 454 g/mol. The second-order valence-corrected chi connectivity index (χ2v) is 11.2. The lowest BCUT2D eigenvalue weighted by atomic mass is 9.80. The Bertz CT molecular complexity index is 1010. The second-order valence-electron chi connectivity index (χ2n) is 8.00. The topological polar surface area (TPSA) is 170 Å². The normalized spacial score (nSPS) is 24.6. The number of nitrogens with two attached hydrogens (primary N) is 2. The van der Waals surface area contributed by atoms with Gasteiger partial charge in [0.15, 0.2) is 9.84 Å². The summed E-state index contributed by atoms with van der Waals surface area (Å²) in [6, 6.07) is 3.53. The van der Waals surface area contributed by atoms with Gasteiger partial charge in [-0.15, -0.1) is 10.2 Å². The third kappa shape index (κ3) is 4.06. The zero-order valence-electron chi connectivity index (χ0n) is 16.6. The molecule has 1 unspecified atom stereocenters. The summed E-state index contributed by atoms with van der Waals surface area (Å²) in [5, 5.41) is 22.7. The van der Waals surface area contributed by atoms with Gasteiger partial charge in [-0.1, -0.05) is 6.07 Å². The fourth-order valence-electron chi connectivity index (χ4n) is 4.56. The molecule has 2 aliphatic rings. The van der Waals surface area contributed by atoms with Crippen LogP contribution in [0.15, 0.2) is 21.9 Å². The summed E-state index contributed by atoms with van der Waals surface area (Å²) in [6.45, 7) is 1.26. The molecule has 1 aromatic carbocycles. The first-order valence-electron chi connectivity index (χ1n) is 10.2. The Morgan fingerprint density at radius 2 is 1.77 bits per heavy atom. The van der Waals surface area contributed by atoms with E-state index in [0.717, 1.165) is 31.2 Å². The van der Waals surface area contributed by atoms with E-state index in [2.05, 4.69) is 25.9 Å². The van der Waals surface area contributed by atoms with Crippen LogP contribution in [0.3, 0.4) is 0 Å². The van der Waals surface area contributed by atoms with Gasteiger partial charge >= 0.3 is 0 Å². The number of H-pyrrole nitrogens is 1. The van der Waals surface area contributed by atoms with Crippen molar-refractivity contribution in [2.24, 2.45) is 10.9 Å². The zero-order valence-corrected chi connectivity index (χ0v) is 18.2. The lowest BCUT2D eigenvalue weighted by molar-refractivity contribution is 0.395. The third-order valence-electron chi connectivity index (χ3n) is 6.17. The van der Waals surface area contributed by atoms with Gasteiger partial charge in [0.1, 0.15) is 11.0 Å². The fourth-order valence-corrected chi connectivity index (χ4v) is 7.66. The molecule has 30 heavy (non-hydrogen) atoms. The van der Waals surface area contributed by atoms with E-state index in [0.29, 0.717) is 31.5 Å². The van der Waals surface area contributed by atoms with Crippen molar-refractivity contribution in [3.63, 3.8) is 0 Å². The molecular formula is C18H27N7O3S2. The summed E-state index contributed by atoms with van der Waals surface area (Å²) >= 11 is 0. The minimum atomic E-state index is -3.73. The maximum Gasteiger partial charge on any atom is 0.206 e. The molecule has 1 aromatic heterocycles. The van der Waals surface area contributed by atoms with Crippen molar-refractivity contribution in [1.29, 1.82) is 0 Å². The summed E-state index contributed by atoms with van der Waals surface area (Å²) in [7, 11) is -5.78. The summed E-state index contributed by atoms with van der Waals surface area (Å²) in [5.41, 5.74) is 7.32. The first-order chi connectivity index (χ1) is 14.4. The van der Waals surface area contributed by atoms with E-state index in [4.69, 9.17) is 10.9 Å². The van der Waals surface area contributed by atoms with Gasteiger partial charge in [-0.3, -0.25) is 0 Å². The molecule has 1 saturated heterocycles. The standard InChI is InChI=1S/C18H27N7O3S2/c19-12-3-1-11(2-4-12)14-5-6-15(30(27,28)13-7-9-21-10-8-13)17(29(20)26)16(14)18-22-24-25-23-18/h5-6,11-13,21H,1-4,7-10,19-20H2,(H,22,23,24,25). The molecule has 1 aliphatic heterocycles. The van der Waals surface area contributed by atoms with Crippen LogP contribution in [0.2, 0.25) is 0 Å². The van der Waals surface area contributed by atoms with Crippen LogP contribution >= 0.6 is 0 Å². The number of nitrogens with one attached hydrogen (secondary N) is 2. The van der Waals surface area contributed by atoms with Crippen molar-refractivity contribution in [3.8, 4) is 11.4 Å². The van der Waals surface area contributed by atoms with Crippen molar-refractivity contribution in [2.45, 2.75) is 65.5 Å². The predicted octanol–water partition coefficient (Wildman–Crippen LogP) is 0.359. The molecule has 2 fully saturated rings. The number of piperidine rings is 1. The molecule has 1 aliphatic carbocycles. The van der Waals surface area contributed by atoms with Crippen molar-refractivity contribution in [3.05, 3.63) is 17.7 Å². The molecule has 0 spiro atoms. The Balaban J connectivity index is 1.89. The first-order valence-corrected chi connectivity index (χ1v) is 12.9. The van der Waals surface area contributed by atoms with Crippen molar-refractivity contribution < 1.29 is 12.6 Å². The Morgan fingerprint density at radius 1 is 1.07 bits per heavy atom. The molecule has 6 N–H and O–H groups in total. The Labute approximate surface area is 178 Å². The molecule has 12 heteroatoms. The maximum absolute atomic E-state index is 13.5. The number of benzene rings is 1. The summed E-state index contributed by atoms with van der Waals surface area (Å²) in [5.74, 6) is 0.340. The largest absolute Gasteiger partial charge is 0.328 e. The van der Waals surface area contributed by atoms with E-state index in [1.807, 2.05) is 0 Å². The van der Waals surface area contributed by atoms with Gasteiger partial charge in [0.05, 0.1) is 15.0 Å². The highest BCUT2D eigenvalue weighted by atomic mass is 32.2. The molecule has 10 nitrogen and oxygen atoms in total. The number of tetrazole rings is 1. The highest BCUT2D eigenvalue weighted by Crippen LogP contribution is 2.42. The van der Waals surface area contributed by atoms with Gasteiger partial charge in [-0.2, -0.15) is 5.21 Å². The number of sulfone groups is 1. The Kier molecular flexibility index (Phi) is 6.30. The molecule has 1 saturated carbocycles. The Morgan fingerprint density at radius 3 is 2.37 bits per heavy atom. The SMILES string of the molecule is NC1CCC(c2ccc(S(=O)(=O)C3CCNCC3)c(S(N)=O)c2-c2nn[nH]n2)CC1. The van der Waals surface area contributed by atoms with Gasteiger partial charge in [0.25, 0.3) is 0 Å². The van der Waals surface area contributed by atoms with E-state index in [1.165, 1.54) is 0 Å². The van der Waals surface area contributed by atoms with Crippen LogP contribution in [0.25, 0.3) is 11.4 Å². The van der Waals surface area contributed by atoms with Crippen LogP contribution < -0.4 is 16.2 Å². The van der Waals surface area contributed by atoms with E-state index in [1.54, 1.807) is 12.1 Å².